The largest absolute Gasteiger partial charge is 0.481 e. The summed E-state index contributed by atoms with van der Waals surface area (Å²) in [6.45, 7) is 3.98. The Hall–Kier alpha value is -0.0900. The van der Waals surface area contributed by atoms with Crippen LogP contribution in [-0.4, -0.2) is 26.6 Å². The van der Waals surface area contributed by atoms with Crippen molar-refractivity contribution < 1.29 is 15.0 Å². The van der Waals surface area contributed by atoms with E-state index < -0.39 is 12.1 Å². The molecule has 0 aromatic heterocycles. The van der Waals surface area contributed by atoms with Crippen LogP contribution in [0.25, 0.3) is 0 Å². The van der Waals surface area contributed by atoms with E-state index in [1.807, 2.05) is 13.8 Å². The van der Waals surface area contributed by atoms with E-state index in [1.54, 1.807) is 0 Å². The normalized spacial score (nSPS) is 47.1. The summed E-state index contributed by atoms with van der Waals surface area (Å²) >= 11 is 3.61. The third-order valence-corrected chi connectivity index (χ3v) is 5.79. The van der Waals surface area contributed by atoms with Crippen molar-refractivity contribution in [3.63, 3.8) is 0 Å². The predicted octanol–water partition coefficient (Wildman–Crippen LogP) is 2.17. The Bertz CT molecular complexity index is 315. The lowest BCUT2D eigenvalue weighted by atomic mass is 9.62. The molecule has 2 rings (SSSR count). The summed E-state index contributed by atoms with van der Waals surface area (Å²) in [5.74, 6) is -0.756. The fourth-order valence-corrected chi connectivity index (χ4v) is 4.88. The number of fused-ring (bicyclic) bond motifs is 2. The molecule has 3 atom stereocenters. The molecule has 3 nitrogen and oxygen atoms in total. The van der Waals surface area contributed by atoms with Crippen molar-refractivity contribution in [1.29, 1.82) is 0 Å². The highest BCUT2D eigenvalue weighted by atomic mass is 79.9. The van der Waals surface area contributed by atoms with E-state index in [-0.39, 0.29) is 21.6 Å². The standard InChI is InChI=1S/C11H17BrO3/c1-9(2)8(15)11(12)4-3-10(9,6-11)5-7(13)14/h8,15H,3-6H2,1-2H3,(H,13,14)/t8-,10-,11-/m1/s1. The molecule has 2 N–H and O–H groups in total. The van der Waals surface area contributed by atoms with Gasteiger partial charge in [0.2, 0.25) is 0 Å². The van der Waals surface area contributed by atoms with Crippen LogP contribution in [0.5, 0.6) is 0 Å². The van der Waals surface area contributed by atoms with Crippen molar-refractivity contribution in [2.75, 3.05) is 0 Å². The number of alkyl halides is 1. The molecule has 0 aliphatic heterocycles. The fraction of sp³-hybridized carbons (Fsp3) is 0.909. The van der Waals surface area contributed by atoms with E-state index >= 15 is 0 Å². The van der Waals surface area contributed by atoms with E-state index in [9.17, 15) is 9.90 Å². The highest BCUT2D eigenvalue weighted by molar-refractivity contribution is 9.10. The lowest BCUT2D eigenvalue weighted by molar-refractivity contribution is -0.143. The van der Waals surface area contributed by atoms with Crippen molar-refractivity contribution in [3.05, 3.63) is 0 Å². The van der Waals surface area contributed by atoms with Gasteiger partial charge in [-0.05, 0) is 30.1 Å². The maximum absolute atomic E-state index is 10.9. The van der Waals surface area contributed by atoms with Gasteiger partial charge in [0.15, 0.2) is 0 Å². The van der Waals surface area contributed by atoms with Crippen LogP contribution in [0.3, 0.4) is 0 Å². The molecular formula is C11H17BrO3. The monoisotopic (exact) mass is 276 g/mol. The fourth-order valence-electron chi connectivity index (χ4n) is 3.57. The van der Waals surface area contributed by atoms with Gasteiger partial charge in [0.25, 0.3) is 0 Å². The van der Waals surface area contributed by atoms with Crippen LogP contribution in [0.4, 0.5) is 0 Å². The number of carboxylic acid groups (broad SMARTS) is 1. The molecule has 0 aromatic carbocycles. The third-order valence-electron chi connectivity index (χ3n) is 4.68. The number of carboxylic acids is 1. The van der Waals surface area contributed by atoms with Gasteiger partial charge < -0.3 is 10.2 Å². The number of carbonyl (C=O) groups is 1. The molecule has 2 bridgehead atoms. The smallest absolute Gasteiger partial charge is 0.303 e. The number of aliphatic carboxylic acids is 1. The zero-order valence-electron chi connectivity index (χ0n) is 9.09. The Morgan fingerprint density at radius 2 is 2.07 bits per heavy atom. The van der Waals surface area contributed by atoms with Crippen LogP contribution < -0.4 is 0 Å². The van der Waals surface area contributed by atoms with Crippen LogP contribution in [-0.2, 0) is 4.79 Å². The lowest BCUT2D eigenvalue weighted by Crippen LogP contribution is -2.46. The number of aliphatic hydroxyl groups excluding tert-OH is 1. The average molecular weight is 277 g/mol. The molecule has 2 saturated carbocycles. The van der Waals surface area contributed by atoms with Gasteiger partial charge in [-0.15, -0.1) is 0 Å². The van der Waals surface area contributed by atoms with E-state index in [1.165, 1.54) is 0 Å². The zero-order chi connectivity index (χ0) is 11.5. The SMILES string of the molecule is CC1(C)[C@@H](O)[C@@]2(Br)CC[C@@]1(CC(=O)O)C2. The first-order chi connectivity index (χ1) is 6.74. The summed E-state index contributed by atoms with van der Waals surface area (Å²) in [6.07, 6.45) is 2.28. The maximum atomic E-state index is 10.9. The second-order valence-corrected chi connectivity index (χ2v) is 7.27. The second-order valence-electron chi connectivity index (χ2n) is 5.69. The van der Waals surface area contributed by atoms with Gasteiger partial charge in [0.1, 0.15) is 0 Å². The molecule has 0 heterocycles. The van der Waals surface area contributed by atoms with Crippen LogP contribution in [0, 0.1) is 10.8 Å². The van der Waals surface area contributed by atoms with Crippen molar-refractivity contribution in [1.82, 2.24) is 0 Å². The third kappa shape index (κ3) is 1.30. The summed E-state index contributed by atoms with van der Waals surface area (Å²) in [5, 5.41) is 19.2. The first-order valence-corrected chi connectivity index (χ1v) is 6.12. The Labute approximate surface area is 98.0 Å². The molecule has 2 fully saturated rings. The summed E-state index contributed by atoms with van der Waals surface area (Å²) in [7, 11) is 0. The second kappa shape index (κ2) is 2.98. The molecule has 0 radical (unpaired) electrons. The molecule has 4 heteroatoms. The van der Waals surface area contributed by atoms with Gasteiger partial charge in [-0.25, -0.2) is 0 Å². The average Bonchev–Trinajstić information content (AvgIpc) is 2.48. The molecular weight excluding hydrogens is 260 g/mol. The van der Waals surface area contributed by atoms with E-state index in [0.29, 0.717) is 0 Å². The first kappa shape index (κ1) is 11.4. The Morgan fingerprint density at radius 3 is 2.47 bits per heavy atom. The van der Waals surface area contributed by atoms with Crippen LogP contribution >= 0.6 is 15.9 Å². The minimum Gasteiger partial charge on any atom is -0.481 e. The number of aliphatic hydroxyl groups is 1. The molecule has 0 saturated heterocycles. The molecule has 2 aliphatic rings. The number of halogens is 1. The molecule has 15 heavy (non-hydrogen) atoms. The molecule has 0 spiro atoms. The maximum Gasteiger partial charge on any atom is 0.303 e. The van der Waals surface area contributed by atoms with E-state index in [0.717, 1.165) is 19.3 Å². The van der Waals surface area contributed by atoms with Crippen molar-refractivity contribution >= 4 is 21.9 Å². The lowest BCUT2D eigenvalue weighted by Gasteiger charge is -2.44. The van der Waals surface area contributed by atoms with Gasteiger partial charge in [0.05, 0.1) is 16.8 Å². The summed E-state index contributed by atoms with van der Waals surface area (Å²) < 4.78 is -0.244. The summed E-state index contributed by atoms with van der Waals surface area (Å²) in [4.78, 5) is 10.9. The minimum atomic E-state index is -0.756. The van der Waals surface area contributed by atoms with Crippen LogP contribution in [0.1, 0.15) is 39.5 Å². The summed E-state index contributed by atoms with van der Waals surface area (Å²) in [6, 6.07) is 0. The van der Waals surface area contributed by atoms with Crippen LogP contribution in [0.15, 0.2) is 0 Å². The zero-order valence-corrected chi connectivity index (χ0v) is 10.7. The first-order valence-electron chi connectivity index (χ1n) is 5.32. The number of rotatable bonds is 2. The van der Waals surface area contributed by atoms with Crippen molar-refractivity contribution in [2.45, 2.75) is 50.0 Å². The molecule has 2 aliphatic carbocycles. The number of hydrogen-bond donors (Lipinski definition) is 2. The summed E-state index contributed by atoms with van der Waals surface area (Å²) in [5.41, 5.74) is -0.547. The Morgan fingerprint density at radius 1 is 1.47 bits per heavy atom. The van der Waals surface area contributed by atoms with Gasteiger partial charge in [-0.3, -0.25) is 4.79 Å². The minimum absolute atomic E-state index is 0.171. The van der Waals surface area contributed by atoms with Crippen LogP contribution in [0.2, 0.25) is 0 Å². The molecule has 0 aromatic rings. The quantitative estimate of drug-likeness (QED) is 0.760. The Kier molecular flexibility index (Phi) is 2.26. The van der Waals surface area contributed by atoms with Gasteiger partial charge in [0, 0.05) is 0 Å². The number of hydrogen-bond acceptors (Lipinski definition) is 2. The molecule has 0 amide bonds. The molecule has 0 unspecified atom stereocenters. The van der Waals surface area contributed by atoms with E-state index in [2.05, 4.69) is 15.9 Å². The highest BCUT2D eigenvalue weighted by Crippen LogP contribution is 2.69. The highest BCUT2D eigenvalue weighted by Gasteiger charge is 2.68. The van der Waals surface area contributed by atoms with Gasteiger partial charge in [-0.1, -0.05) is 29.8 Å². The molecule has 86 valence electrons. The Balaban J connectivity index is 2.37. The van der Waals surface area contributed by atoms with Gasteiger partial charge in [-0.2, -0.15) is 0 Å². The van der Waals surface area contributed by atoms with E-state index in [4.69, 9.17) is 5.11 Å². The van der Waals surface area contributed by atoms with Gasteiger partial charge >= 0.3 is 5.97 Å². The van der Waals surface area contributed by atoms with Crippen molar-refractivity contribution in [2.24, 2.45) is 10.8 Å². The topological polar surface area (TPSA) is 57.5 Å². The predicted molar refractivity (Wildman–Crippen MR) is 60.0 cm³/mol. The van der Waals surface area contributed by atoms with Crippen molar-refractivity contribution in [3.8, 4) is 0 Å².